The van der Waals surface area contributed by atoms with Crippen LogP contribution in [-0.4, -0.2) is 42.6 Å². The number of terminal acetylenes is 1. The lowest BCUT2D eigenvalue weighted by Crippen LogP contribution is -2.58. The van der Waals surface area contributed by atoms with Crippen molar-refractivity contribution in [3.8, 4) is 12.3 Å². The fourth-order valence-corrected chi connectivity index (χ4v) is 1.90. The summed E-state index contributed by atoms with van der Waals surface area (Å²) < 4.78 is 5.22. The zero-order chi connectivity index (χ0) is 12.0. The second-order valence-corrected chi connectivity index (χ2v) is 4.20. The van der Waals surface area contributed by atoms with E-state index in [4.69, 9.17) is 16.9 Å². The Balaban J connectivity index is 2.68. The highest BCUT2D eigenvalue weighted by Crippen LogP contribution is 2.20. The predicted octanol–water partition coefficient (Wildman–Crippen LogP) is 0.366. The first kappa shape index (κ1) is 13.0. The van der Waals surface area contributed by atoms with Crippen LogP contribution in [0.3, 0.4) is 0 Å². The second kappa shape index (κ2) is 5.88. The van der Waals surface area contributed by atoms with Gasteiger partial charge in [0.1, 0.15) is 0 Å². The van der Waals surface area contributed by atoms with Gasteiger partial charge in [-0.2, -0.15) is 0 Å². The van der Waals surface area contributed by atoms with Crippen LogP contribution in [0.1, 0.15) is 26.2 Å². The van der Waals surface area contributed by atoms with Gasteiger partial charge in [-0.15, -0.1) is 6.42 Å². The monoisotopic (exact) mass is 224 g/mol. The lowest BCUT2D eigenvalue weighted by Gasteiger charge is -2.36. The Labute approximate surface area is 97.1 Å². The molecule has 2 N–H and O–H groups in total. The highest BCUT2D eigenvalue weighted by Gasteiger charge is 2.38. The fourth-order valence-electron chi connectivity index (χ4n) is 1.90. The third-order valence-electron chi connectivity index (χ3n) is 2.87. The highest BCUT2D eigenvalue weighted by atomic mass is 16.5. The smallest absolute Gasteiger partial charge is 0.243 e. The molecule has 1 aliphatic rings. The van der Waals surface area contributed by atoms with Crippen molar-refractivity contribution in [3.63, 3.8) is 0 Å². The maximum Gasteiger partial charge on any atom is 0.243 e. The minimum absolute atomic E-state index is 0.0319. The van der Waals surface area contributed by atoms with Crippen molar-refractivity contribution >= 4 is 5.91 Å². The Morgan fingerprint density at radius 1 is 1.56 bits per heavy atom. The molecule has 1 heterocycles. The van der Waals surface area contributed by atoms with Crippen LogP contribution in [0.4, 0.5) is 0 Å². The topological polar surface area (TPSA) is 55.6 Å². The summed E-state index contributed by atoms with van der Waals surface area (Å²) in [7, 11) is 0. The Morgan fingerprint density at radius 2 is 2.19 bits per heavy atom. The van der Waals surface area contributed by atoms with E-state index < -0.39 is 5.54 Å². The Hall–Kier alpha value is -1.05. The van der Waals surface area contributed by atoms with Gasteiger partial charge in [0.05, 0.1) is 12.1 Å². The Morgan fingerprint density at radius 3 is 2.69 bits per heavy atom. The molecular formula is C12H20N2O2. The average molecular weight is 224 g/mol. The standard InChI is InChI=1S/C12H20N2O2/c1-3-7-14(8-4-2)11(15)12(13)5-9-16-10-6-12/h1H,4-10,13H2,2H3. The van der Waals surface area contributed by atoms with Crippen LogP contribution < -0.4 is 5.73 Å². The van der Waals surface area contributed by atoms with Crippen molar-refractivity contribution in [2.75, 3.05) is 26.3 Å². The van der Waals surface area contributed by atoms with Gasteiger partial charge in [0, 0.05) is 19.8 Å². The van der Waals surface area contributed by atoms with Gasteiger partial charge in [0.15, 0.2) is 0 Å². The van der Waals surface area contributed by atoms with Crippen LogP contribution in [0.15, 0.2) is 0 Å². The summed E-state index contributed by atoms with van der Waals surface area (Å²) >= 11 is 0. The third-order valence-corrected chi connectivity index (χ3v) is 2.87. The van der Waals surface area contributed by atoms with E-state index in [9.17, 15) is 4.79 Å². The van der Waals surface area contributed by atoms with Crippen molar-refractivity contribution in [1.82, 2.24) is 4.90 Å². The normalized spacial score (nSPS) is 18.8. The summed E-state index contributed by atoms with van der Waals surface area (Å²) in [5, 5.41) is 0. The molecule has 4 heteroatoms. The number of hydrogen-bond donors (Lipinski definition) is 1. The van der Waals surface area contributed by atoms with E-state index in [2.05, 4.69) is 5.92 Å². The van der Waals surface area contributed by atoms with Gasteiger partial charge in [-0.1, -0.05) is 12.8 Å². The SMILES string of the molecule is C#CCN(CCC)C(=O)C1(N)CCOCC1. The van der Waals surface area contributed by atoms with Crippen LogP contribution in [-0.2, 0) is 9.53 Å². The zero-order valence-corrected chi connectivity index (χ0v) is 9.87. The molecule has 0 spiro atoms. The summed E-state index contributed by atoms with van der Waals surface area (Å²) in [4.78, 5) is 13.9. The number of carbonyl (C=O) groups is 1. The number of amides is 1. The maximum atomic E-state index is 12.2. The van der Waals surface area contributed by atoms with Crippen LogP contribution >= 0.6 is 0 Å². The first-order valence-corrected chi connectivity index (χ1v) is 5.73. The minimum Gasteiger partial charge on any atom is -0.381 e. The second-order valence-electron chi connectivity index (χ2n) is 4.20. The molecule has 16 heavy (non-hydrogen) atoms. The van der Waals surface area contributed by atoms with E-state index >= 15 is 0 Å². The molecule has 4 nitrogen and oxygen atoms in total. The molecule has 0 unspecified atom stereocenters. The molecule has 0 aliphatic carbocycles. The molecule has 1 rings (SSSR count). The van der Waals surface area contributed by atoms with Crippen molar-refractivity contribution in [2.45, 2.75) is 31.7 Å². The first-order chi connectivity index (χ1) is 7.64. The molecule has 1 fully saturated rings. The maximum absolute atomic E-state index is 12.2. The van der Waals surface area contributed by atoms with Crippen molar-refractivity contribution in [2.24, 2.45) is 5.73 Å². The van der Waals surface area contributed by atoms with Crippen molar-refractivity contribution < 1.29 is 9.53 Å². The molecule has 0 aromatic carbocycles. The molecule has 0 radical (unpaired) electrons. The van der Waals surface area contributed by atoms with Gasteiger partial charge in [-0.05, 0) is 19.3 Å². The van der Waals surface area contributed by atoms with Crippen LogP contribution in [0, 0.1) is 12.3 Å². The van der Waals surface area contributed by atoms with Gasteiger partial charge in [0.25, 0.3) is 0 Å². The summed E-state index contributed by atoms with van der Waals surface area (Å²) in [5.41, 5.74) is 5.35. The lowest BCUT2D eigenvalue weighted by atomic mass is 9.89. The number of hydrogen-bond acceptors (Lipinski definition) is 3. The predicted molar refractivity (Wildman–Crippen MR) is 62.7 cm³/mol. The molecule has 0 aromatic heterocycles. The van der Waals surface area contributed by atoms with Gasteiger partial charge in [0.2, 0.25) is 5.91 Å². The Kier molecular flexibility index (Phi) is 4.78. The molecule has 0 aromatic rings. The van der Waals surface area contributed by atoms with Gasteiger partial charge in [-0.3, -0.25) is 4.79 Å². The summed E-state index contributed by atoms with van der Waals surface area (Å²) in [6.45, 7) is 4.13. The fraction of sp³-hybridized carbons (Fsp3) is 0.750. The molecule has 1 amide bonds. The van der Waals surface area contributed by atoms with Crippen molar-refractivity contribution in [3.05, 3.63) is 0 Å². The van der Waals surface area contributed by atoms with Crippen LogP contribution in [0.5, 0.6) is 0 Å². The van der Waals surface area contributed by atoms with E-state index in [0.29, 0.717) is 39.1 Å². The number of nitrogens with two attached hydrogens (primary N) is 1. The van der Waals surface area contributed by atoms with E-state index in [1.54, 1.807) is 4.90 Å². The van der Waals surface area contributed by atoms with E-state index in [-0.39, 0.29) is 5.91 Å². The van der Waals surface area contributed by atoms with Gasteiger partial charge in [-0.25, -0.2) is 0 Å². The quantitative estimate of drug-likeness (QED) is 0.702. The Bertz CT molecular complexity index is 277. The summed E-state index contributed by atoms with van der Waals surface area (Å²) in [6.07, 6.45) is 7.31. The minimum atomic E-state index is -0.774. The third kappa shape index (κ3) is 2.97. The van der Waals surface area contributed by atoms with E-state index in [0.717, 1.165) is 6.42 Å². The van der Waals surface area contributed by atoms with E-state index in [1.165, 1.54) is 0 Å². The molecule has 1 saturated heterocycles. The van der Waals surface area contributed by atoms with E-state index in [1.807, 2.05) is 6.92 Å². The number of rotatable bonds is 4. The number of carbonyl (C=O) groups excluding carboxylic acids is 1. The molecule has 1 aliphatic heterocycles. The van der Waals surface area contributed by atoms with Crippen LogP contribution in [0.2, 0.25) is 0 Å². The van der Waals surface area contributed by atoms with Crippen molar-refractivity contribution in [1.29, 1.82) is 0 Å². The van der Waals surface area contributed by atoms with Gasteiger partial charge >= 0.3 is 0 Å². The molecule has 0 bridgehead atoms. The molecular weight excluding hydrogens is 204 g/mol. The highest BCUT2D eigenvalue weighted by molar-refractivity contribution is 5.86. The zero-order valence-electron chi connectivity index (χ0n) is 9.87. The first-order valence-electron chi connectivity index (χ1n) is 5.73. The van der Waals surface area contributed by atoms with Crippen LogP contribution in [0.25, 0.3) is 0 Å². The van der Waals surface area contributed by atoms with Gasteiger partial charge < -0.3 is 15.4 Å². The number of ether oxygens (including phenoxy) is 1. The average Bonchev–Trinajstić information content (AvgIpc) is 2.29. The largest absolute Gasteiger partial charge is 0.381 e. The summed E-state index contributed by atoms with van der Waals surface area (Å²) in [5.74, 6) is 2.48. The number of nitrogens with zero attached hydrogens (tertiary/aromatic N) is 1. The lowest BCUT2D eigenvalue weighted by molar-refractivity contribution is -0.140. The molecule has 90 valence electrons. The molecule has 0 saturated carbocycles. The summed E-state index contributed by atoms with van der Waals surface area (Å²) in [6, 6.07) is 0. The molecule has 0 atom stereocenters.